The van der Waals surface area contributed by atoms with Gasteiger partial charge < -0.3 is 0 Å². The fourth-order valence-corrected chi connectivity index (χ4v) is 2.66. The van der Waals surface area contributed by atoms with Crippen molar-refractivity contribution in [2.75, 3.05) is 0 Å². The molecule has 0 atom stereocenters. The lowest BCUT2D eigenvalue weighted by molar-refractivity contribution is 0.295. The summed E-state index contributed by atoms with van der Waals surface area (Å²) in [6, 6.07) is 0. The molecule has 0 rings (SSSR count). The van der Waals surface area contributed by atoms with Gasteiger partial charge >= 0.3 is 7.32 Å². The van der Waals surface area contributed by atoms with Crippen molar-refractivity contribution in [3.05, 3.63) is 0 Å². The minimum atomic E-state index is -4.41. The van der Waals surface area contributed by atoms with Gasteiger partial charge in [-0.3, -0.25) is 12.3 Å². The third-order valence-electron chi connectivity index (χ3n) is 2.87. The van der Waals surface area contributed by atoms with E-state index in [0.717, 1.165) is 0 Å². The summed E-state index contributed by atoms with van der Waals surface area (Å²) in [5.74, 6) is 0. The summed E-state index contributed by atoms with van der Waals surface area (Å²) in [6.45, 7) is 11.6. The molecule has 0 unspecified atom stereocenters. The number of rotatable bonds is 6. The fraction of sp³-hybridized carbons (Fsp3) is 1.00. The van der Waals surface area contributed by atoms with Crippen LogP contribution in [-0.4, -0.2) is 46.8 Å². The lowest BCUT2D eigenvalue weighted by Crippen LogP contribution is -2.45. The van der Waals surface area contributed by atoms with Crippen molar-refractivity contribution in [1.29, 1.82) is 0 Å². The molecule has 0 saturated carbocycles. The van der Waals surface area contributed by atoms with Crippen molar-refractivity contribution in [3.8, 4) is 0 Å². The minimum absolute atomic E-state index is 1.29. The SMILES string of the molecule is CC(C)(C)S(=O)(=O)OB(OS(=O)(=O)C(C)(C)C)OS(=O)(=O)C(C)(C)C. The van der Waals surface area contributed by atoms with E-state index in [-0.39, 0.29) is 0 Å². The summed E-state index contributed by atoms with van der Waals surface area (Å²) in [5, 5.41) is 0. The Balaban J connectivity index is 5.96. The molecule has 0 radical (unpaired) electrons. The van der Waals surface area contributed by atoms with Gasteiger partial charge in [0.15, 0.2) is 0 Å². The summed E-state index contributed by atoms with van der Waals surface area (Å²) < 4.78 is 82.5. The zero-order valence-electron chi connectivity index (χ0n) is 16.0. The molecule has 0 aliphatic rings. The average Bonchev–Trinajstić information content (AvgIpc) is 2.21. The van der Waals surface area contributed by atoms with Crippen LogP contribution in [0.2, 0.25) is 0 Å². The number of hydrogen-bond acceptors (Lipinski definition) is 9. The van der Waals surface area contributed by atoms with Crippen molar-refractivity contribution in [2.24, 2.45) is 0 Å². The maximum Gasteiger partial charge on any atom is 0.684 e. The fourth-order valence-electron chi connectivity index (χ4n) is 0.791. The zero-order valence-corrected chi connectivity index (χ0v) is 18.4. The first-order valence-electron chi connectivity index (χ1n) is 7.32. The highest BCUT2D eigenvalue weighted by Gasteiger charge is 2.47. The van der Waals surface area contributed by atoms with Crippen LogP contribution in [0.3, 0.4) is 0 Å². The predicted molar refractivity (Wildman–Crippen MR) is 95.0 cm³/mol. The zero-order chi connectivity index (χ0) is 20.7. The van der Waals surface area contributed by atoms with E-state index in [0.29, 0.717) is 0 Å². The maximum absolute atomic E-state index is 12.2. The lowest BCUT2D eigenvalue weighted by atomic mass is 10.3. The molecule has 0 aromatic carbocycles. The topological polar surface area (TPSA) is 130 Å². The van der Waals surface area contributed by atoms with Crippen molar-refractivity contribution in [1.82, 2.24) is 0 Å². The molecular formula is C12H27BO9S3. The third-order valence-corrected chi connectivity index (χ3v) is 8.60. The van der Waals surface area contributed by atoms with Gasteiger partial charge in [0.2, 0.25) is 0 Å². The molecule has 150 valence electrons. The van der Waals surface area contributed by atoms with E-state index in [4.69, 9.17) is 0 Å². The van der Waals surface area contributed by atoms with Crippen LogP contribution in [0.25, 0.3) is 0 Å². The second-order valence-electron chi connectivity index (χ2n) is 8.28. The molecule has 0 fully saturated rings. The van der Waals surface area contributed by atoms with Crippen LogP contribution in [0.4, 0.5) is 0 Å². The summed E-state index contributed by atoms with van der Waals surface area (Å²) in [5.41, 5.74) is 0. The largest absolute Gasteiger partial charge is 0.684 e. The Labute approximate surface area is 152 Å². The van der Waals surface area contributed by atoms with Gasteiger partial charge in [-0.25, -0.2) is 25.3 Å². The first kappa shape index (κ1) is 24.8. The molecule has 0 amide bonds. The molecule has 9 nitrogen and oxygen atoms in total. The van der Waals surface area contributed by atoms with Crippen molar-refractivity contribution < 1.29 is 37.6 Å². The Kier molecular flexibility index (Phi) is 7.02. The molecule has 0 aromatic heterocycles. The summed E-state index contributed by atoms with van der Waals surface area (Å²) in [6.07, 6.45) is 0. The van der Waals surface area contributed by atoms with Crippen molar-refractivity contribution in [3.63, 3.8) is 0 Å². The van der Waals surface area contributed by atoms with Crippen LogP contribution in [0.5, 0.6) is 0 Å². The van der Waals surface area contributed by atoms with Gasteiger partial charge in [0.05, 0.1) is 14.2 Å². The van der Waals surface area contributed by atoms with Crippen LogP contribution in [0, 0.1) is 0 Å². The minimum Gasteiger partial charge on any atom is -0.270 e. The molecule has 0 N–H and O–H groups in total. The number of hydrogen-bond donors (Lipinski definition) is 0. The van der Waals surface area contributed by atoms with Gasteiger partial charge in [0.25, 0.3) is 30.4 Å². The molecule has 0 spiro atoms. The predicted octanol–water partition coefficient (Wildman–Crippen LogP) is 1.41. The Bertz CT molecular complexity index is 667. The average molecular weight is 422 g/mol. The smallest absolute Gasteiger partial charge is 0.270 e. The van der Waals surface area contributed by atoms with Crippen molar-refractivity contribution >= 4 is 37.7 Å². The van der Waals surface area contributed by atoms with E-state index >= 15 is 0 Å². The quantitative estimate of drug-likeness (QED) is 0.583. The Morgan fingerprint density at radius 2 is 0.640 bits per heavy atom. The first-order valence-corrected chi connectivity index (χ1v) is 11.5. The monoisotopic (exact) mass is 422 g/mol. The molecular weight excluding hydrogens is 395 g/mol. The second-order valence-corrected chi connectivity index (χ2v) is 15.3. The molecule has 0 aromatic rings. The van der Waals surface area contributed by atoms with E-state index < -0.39 is 51.9 Å². The standard InChI is InChI=1S/C12H27BO9S3/c1-10(2,3)23(14,15)20-13(21-24(16,17)11(4,5)6)22-25(18,19)12(7,8)9/h1-9H3. The van der Waals surface area contributed by atoms with E-state index in [2.05, 4.69) is 12.3 Å². The van der Waals surface area contributed by atoms with Gasteiger partial charge in [0, 0.05) is 0 Å². The normalized spacial score (nSPS) is 15.2. The van der Waals surface area contributed by atoms with Gasteiger partial charge in [-0.15, -0.1) is 0 Å². The first-order chi connectivity index (χ1) is 10.5. The van der Waals surface area contributed by atoms with Gasteiger partial charge in [0.1, 0.15) is 0 Å². The van der Waals surface area contributed by atoms with Crippen molar-refractivity contribution in [2.45, 2.75) is 76.6 Å². The van der Waals surface area contributed by atoms with E-state index in [1.54, 1.807) is 0 Å². The van der Waals surface area contributed by atoms with Crippen LogP contribution < -0.4 is 0 Å². The Morgan fingerprint density at radius 1 is 0.480 bits per heavy atom. The molecule has 13 heteroatoms. The van der Waals surface area contributed by atoms with E-state index in [9.17, 15) is 25.3 Å². The molecule has 0 heterocycles. The molecule has 0 aliphatic heterocycles. The Morgan fingerprint density at radius 3 is 0.760 bits per heavy atom. The summed E-state index contributed by atoms with van der Waals surface area (Å²) >= 11 is 0. The second kappa shape index (κ2) is 7.08. The Hall–Kier alpha value is -0.205. The third kappa shape index (κ3) is 6.47. The van der Waals surface area contributed by atoms with Crippen LogP contribution in [0.15, 0.2) is 0 Å². The van der Waals surface area contributed by atoms with E-state index in [1.807, 2.05) is 0 Å². The highest BCUT2D eigenvalue weighted by Crippen LogP contribution is 2.26. The molecule has 0 bridgehead atoms. The van der Waals surface area contributed by atoms with Crippen LogP contribution in [0.1, 0.15) is 62.3 Å². The lowest BCUT2D eigenvalue weighted by Gasteiger charge is -2.26. The maximum atomic E-state index is 12.2. The van der Waals surface area contributed by atoms with Gasteiger partial charge in [-0.1, -0.05) is 0 Å². The van der Waals surface area contributed by atoms with Gasteiger partial charge in [-0.05, 0) is 62.3 Å². The van der Waals surface area contributed by atoms with Crippen LogP contribution in [-0.2, 0) is 42.7 Å². The molecule has 0 saturated heterocycles. The highest BCUT2D eigenvalue weighted by molar-refractivity contribution is 7.91. The van der Waals surface area contributed by atoms with Crippen LogP contribution >= 0.6 is 0 Å². The summed E-state index contributed by atoms with van der Waals surface area (Å²) in [7, 11) is -15.7. The molecule has 0 aliphatic carbocycles. The summed E-state index contributed by atoms with van der Waals surface area (Å²) in [4.78, 5) is 0. The van der Waals surface area contributed by atoms with E-state index in [1.165, 1.54) is 62.3 Å². The molecule has 25 heavy (non-hydrogen) atoms. The van der Waals surface area contributed by atoms with Gasteiger partial charge in [-0.2, -0.15) is 0 Å². The highest BCUT2D eigenvalue weighted by atomic mass is 32.2.